The summed E-state index contributed by atoms with van der Waals surface area (Å²) in [5.74, 6) is 0.582. The number of rotatable bonds is 8. The van der Waals surface area contributed by atoms with Crippen molar-refractivity contribution < 1.29 is 4.79 Å². The molecule has 0 aliphatic heterocycles. The van der Waals surface area contributed by atoms with Gasteiger partial charge in [0.2, 0.25) is 5.91 Å². The molecular weight excluding hydrogens is 238 g/mol. The number of hydrogen-bond acceptors (Lipinski definition) is 3. The molecule has 112 valence electrons. The average Bonchev–Trinajstić information content (AvgIpc) is 2.42. The Morgan fingerprint density at radius 2 is 1.95 bits per heavy atom. The van der Waals surface area contributed by atoms with E-state index in [-0.39, 0.29) is 11.9 Å². The first-order valence-electron chi connectivity index (χ1n) is 7.92. The zero-order valence-electron chi connectivity index (χ0n) is 12.7. The monoisotopic (exact) mass is 269 g/mol. The molecule has 1 aliphatic rings. The van der Waals surface area contributed by atoms with Crippen molar-refractivity contribution in [3.05, 3.63) is 0 Å². The summed E-state index contributed by atoms with van der Waals surface area (Å²) in [5.41, 5.74) is 6.07. The summed E-state index contributed by atoms with van der Waals surface area (Å²) >= 11 is 0. The van der Waals surface area contributed by atoms with Crippen molar-refractivity contribution >= 4 is 5.91 Å². The molecule has 0 aromatic heterocycles. The van der Waals surface area contributed by atoms with Gasteiger partial charge in [-0.1, -0.05) is 26.7 Å². The van der Waals surface area contributed by atoms with E-state index in [1.165, 1.54) is 12.8 Å². The van der Waals surface area contributed by atoms with Crippen LogP contribution in [0.3, 0.4) is 0 Å². The summed E-state index contributed by atoms with van der Waals surface area (Å²) in [6.45, 7) is 8.37. The maximum absolute atomic E-state index is 11.9. The fourth-order valence-corrected chi connectivity index (χ4v) is 2.87. The highest BCUT2D eigenvalue weighted by Crippen LogP contribution is 2.25. The Morgan fingerprint density at radius 1 is 1.26 bits per heavy atom. The van der Waals surface area contributed by atoms with Crippen LogP contribution in [0.5, 0.6) is 0 Å². The van der Waals surface area contributed by atoms with Gasteiger partial charge >= 0.3 is 0 Å². The molecule has 4 heteroatoms. The minimum atomic E-state index is 0.182. The molecule has 0 spiro atoms. The Labute approximate surface area is 118 Å². The van der Waals surface area contributed by atoms with Crippen molar-refractivity contribution in [1.82, 2.24) is 10.2 Å². The second kappa shape index (κ2) is 9.32. The summed E-state index contributed by atoms with van der Waals surface area (Å²) < 4.78 is 0. The quantitative estimate of drug-likeness (QED) is 0.660. The zero-order valence-corrected chi connectivity index (χ0v) is 12.7. The van der Waals surface area contributed by atoms with Gasteiger partial charge in [0.15, 0.2) is 0 Å². The van der Waals surface area contributed by atoms with Crippen molar-refractivity contribution in [3.63, 3.8) is 0 Å². The van der Waals surface area contributed by atoms with E-state index < -0.39 is 0 Å². The molecule has 2 atom stereocenters. The fourth-order valence-electron chi connectivity index (χ4n) is 2.87. The molecule has 1 amide bonds. The van der Waals surface area contributed by atoms with E-state index in [0.717, 1.165) is 45.4 Å². The van der Waals surface area contributed by atoms with Gasteiger partial charge in [0.05, 0.1) is 0 Å². The maximum atomic E-state index is 11.9. The first-order valence-corrected chi connectivity index (χ1v) is 7.92. The van der Waals surface area contributed by atoms with E-state index in [1.54, 1.807) is 0 Å². The third kappa shape index (κ3) is 6.39. The van der Waals surface area contributed by atoms with E-state index in [0.29, 0.717) is 12.3 Å². The standard InChI is InChI=1S/C15H31N3O/c1-3-18(4-2)11-7-10-17-15(19)12-13-8-5-6-9-14(13)16/h13-14H,3-12,16H2,1-2H3,(H,17,19). The van der Waals surface area contributed by atoms with Gasteiger partial charge in [0, 0.05) is 19.0 Å². The van der Waals surface area contributed by atoms with E-state index >= 15 is 0 Å². The summed E-state index contributed by atoms with van der Waals surface area (Å²) in [6.07, 6.45) is 6.31. The number of carbonyl (C=O) groups is 1. The zero-order chi connectivity index (χ0) is 14.1. The normalized spacial score (nSPS) is 23.6. The molecule has 4 nitrogen and oxygen atoms in total. The first kappa shape index (κ1) is 16.4. The predicted molar refractivity (Wildman–Crippen MR) is 80.0 cm³/mol. The van der Waals surface area contributed by atoms with Crippen LogP contribution in [0.2, 0.25) is 0 Å². The van der Waals surface area contributed by atoms with Crippen molar-refractivity contribution in [2.24, 2.45) is 11.7 Å². The number of nitrogens with one attached hydrogen (secondary N) is 1. The minimum absolute atomic E-state index is 0.182. The summed E-state index contributed by atoms with van der Waals surface area (Å²) in [4.78, 5) is 14.2. The highest BCUT2D eigenvalue weighted by molar-refractivity contribution is 5.76. The summed E-state index contributed by atoms with van der Waals surface area (Å²) in [5, 5.41) is 3.03. The molecular formula is C15H31N3O. The van der Waals surface area contributed by atoms with Crippen LogP contribution in [0.1, 0.15) is 52.4 Å². The third-order valence-corrected chi connectivity index (χ3v) is 4.28. The Kier molecular flexibility index (Phi) is 8.07. The van der Waals surface area contributed by atoms with E-state index in [2.05, 4.69) is 24.1 Å². The summed E-state index contributed by atoms with van der Waals surface area (Å²) in [6, 6.07) is 0.232. The van der Waals surface area contributed by atoms with Gasteiger partial charge in [0.1, 0.15) is 0 Å². The van der Waals surface area contributed by atoms with Crippen molar-refractivity contribution in [2.45, 2.75) is 58.4 Å². The van der Waals surface area contributed by atoms with E-state index in [9.17, 15) is 4.79 Å². The molecule has 1 fully saturated rings. The minimum Gasteiger partial charge on any atom is -0.356 e. The van der Waals surface area contributed by atoms with Crippen LogP contribution >= 0.6 is 0 Å². The number of nitrogens with two attached hydrogens (primary N) is 1. The molecule has 0 aromatic rings. The molecule has 1 saturated carbocycles. The van der Waals surface area contributed by atoms with Crippen LogP contribution in [-0.4, -0.2) is 43.0 Å². The smallest absolute Gasteiger partial charge is 0.220 e. The van der Waals surface area contributed by atoms with E-state index in [1.807, 2.05) is 0 Å². The Morgan fingerprint density at radius 3 is 2.58 bits per heavy atom. The highest BCUT2D eigenvalue weighted by atomic mass is 16.1. The van der Waals surface area contributed by atoms with Crippen LogP contribution in [-0.2, 0) is 4.79 Å². The van der Waals surface area contributed by atoms with Crippen LogP contribution in [0, 0.1) is 5.92 Å². The second-order valence-electron chi connectivity index (χ2n) is 5.64. The SMILES string of the molecule is CCN(CC)CCCNC(=O)CC1CCCCC1N. The molecule has 0 bridgehead atoms. The Hall–Kier alpha value is -0.610. The Bertz CT molecular complexity index is 254. The Balaban J connectivity index is 2.10. The number of hydrogen-bond donors (Lipinski definition) is 2. The van der Waals surface area contributed by atoms with Gasteiger partial charge in [-0.2, -0.15) is 0 Å². The van der Waals surface area contributed by atoms with Crippen molar-refractivity contribution in [1.29, 1.82) is 0 Å². The lowest BCUT2D eigenvalue weighted by Crippen LogP contribution is -2.37. The molecule has 0 heterocycles. The molecule has 2 unspecified atom stereocenters. The van der Waals surface area contributed by atoms with Crippen LogP contribution in [0.15, 0.2) is 0 Å². The molecule has 3 N–H and O–H groups in total. The molecule has 19 heavy (non-hydrogen) atoms. The second-order valence-corrected chi connectivity index (χ2v) is 5.64. The average molecular weight is 269 g/mol. The van der Waals surface area contributed by atoms with Gasteiger partial charge in [-0.25, -0.2) is 0 Å². The van der Waals surface area contributed by atoms with Gasteiger partial charge in [0.25, 0.3) is 0 Å². The summed E-state index contributed by atoms with van der Waals surface area (Å²) in [7, 11) is 0. The molecule has 1 rings (SSSR count). The van der Waals surface area contributed by atoms with Crippen LogP contribution in [0.25, 0.3) is 0 Å². The largest absolute Gasteiger partial charge is 0.356 e. The molecule has 1 aliphatic carbocycles. The van der Waals surface area contributed by atoms with Gasteiger partial charge in [-0.3, -0.25) is 4.79 Å². The topological polar surface area (TPSA) is 58.4 Å². The van der Waals surface area contributed by atoms with Gasteiger partial charge in [-0.05, 0) is 44.8 Å². The number of carbonyl (C=O) groups excluding carboxylic acids is 1. The lowest BCUT2D eigenvalue weighted by molar-refractivity contribution is -0.122. The number of nitrogens with zero attached hydrogens (tertiary/aromatic N) is 1. The molecule has 0 saturated heterocycles. The predicted octanol–water partition coefficient (Wildman–Crippen LogP) is 1.74. The molecule has 0 aromatic carbocycles. The van der Waals surface area contributed by atoms with Crippen molar-refractivity contribution in [3.8, 4) is 0 Å². The van der Waals surface area contributed by atoms with Crippen LogP contribution < -0.4 is 11.1 Å². The number of amides is 1. The van der Waals surface area contributed by atoms with Gasteiger partial charge < -0.3 is 16.0 Å². The highest BCUT2D eigenvalue weighted by Gasteiger charge is 2.23. The van der Waals surface area contributed by atoms with E-state index in [4.69, 9.17) is 5.73 Å². The van der Waals surface area contributed by atoms with Crippen molar-refractivity contribution in [2.75, 3.05) is 26.2 Å². The van der Waals surface area contributed by atoms with Crippen LogP contribution in [0.4, 0.5) is 0 Å². The maximum Gasteiger partial charge on any atom is 0.220 e. The lowest BCUT2D eigenvalue weighted by atomic mass is 9.83. The fraction of sp³-hybridized carbons (Fsp3) is 0.933. The third-order valence-electron chi connectivity index (χ3n) is 4.28. The molecule has 0 radical (unpaired) electrons. The van der Waals surface area contributed by atoms with Gasteiger partial charge in [-0.15, -0.1) is 0 Å². The lowest BCUT2D eigenvalue weighted by Gasteiger charge is -2.28. The first-order chi connectivity index (χ1) is 9.17.